The molecule has 0 atom stereocenters. The van der Waals surface area contributed by atoms with Crippen LogP contribution in [-0.2, 0) is 9.05 Å². The van der Waals surface area contributed by atoms with Gasteiger partial charge in [-0.25, -0.2) is 8.42 Å². The van der Waals surface area contributed by atoms with Crippen LogP contribution in [0.4, 0.5) is 0 Å². The molecule has 0 amide bonds. The van der Waals surface area contributed by atoms with Crippen molar-refractivity contribution < 1.29 is 13.2 Å². The molecule has 1 aromatic carbocycles. The van der Waals surface area contributed by atoms with E-state index >= 15 is 0 Å². The summed E-state index contributed by atoms with van der Waals surface area (Å²) in [7, 11) is 1.65. The van der Waals surface area contributed by atoms with Gasteiger partial charge in [-0.15, -0.1) is 0 Å². The summed E-state index contributed by atoms with van der Waals surface area (Å²) in [5.74, 6) is 0.608. The van der Waals surface area contributed by atoms with Gasteiger partial charge in [-0.05, 0) is 43.5 Å². The van der Waals surface area contributed by atoms with Gasteiger partial charge in [0.15, 0.2) is 0 Å². The topological polar surface area (TPSA) is 43.4 Å². The normalized spacial score (nSPS) is 11.5. The zero-order valence-corrected chi connectivity index (χ0v) is 12.0. The maximum atomic E-state index is 10.7. The monoisotopic (exact) mass is 296 g/mol. The van der Waals surface area contributed by atoms with Gasteiger partial charge >= 0.3 is 0 Å². The lowest BCUT2D eigenvalue weighted by Crippen LogP contribution is -2.05. The number of aryl methyl sites for hydroxylation is 2. The summed E-state index contributed by atoms with van der Waals surface area (Å²) in [5.41, 5.74) is 1.87. The molecule has 0 heterocycles. The Morgan fingerprint density at radius 2 is 1.76 bits per heavy atom. The van der Waals surface area contributed by atoms with Crippen LogP contribution in [0.2, 0.25) is 5.02 Å². The molecule has 0 aliphatic heterocycles. The molecule has 0 bridgehead atoms. The number of halogens is 2. The number of hydrogen-bond acceptors (Lipinski definition) is 3. The molecule has 0 saturated heterocycles. The van der Waals surface area contributed by atoms with Crippen LogP contribution in [0.3, 0.4) is 0 Å². The highest BCUT2D eigenvalue weighted by Gasteiger charge is 2.06. The zero-order chi connectivity index (χ0) is 13.1. The van der Waals surface area contributed by atoms with Gasteiger partial charge in [0.1, 0.15) is 5.75 Å². The van der Waals surface area contributed by atoms with Crippen molar-refractivity contribution in [3.8, 4) is 5.75 Å². The van der Waals surface area contributed by atoms with Crippen molar-refractivity contribution in [2.45, 2.75) is 20.3 Å². The lowest BCUT2D eigenvalue weighted by atomic mass is 10.1. The van der Waals surface area contributed by atoms with E-state index in [1.807, 2.05) is 26.0 Å². The number of hydrogen-bond donors (Lipinski definition) is 0. The van der Waals surface area contributed by atoms with Gasteiger partial charge in [0.25, 0.3) is 0 Å². The summed E-state index contributed by atoms with van der Waals surface area (Å²) >= 11 is 6.02. The Labute approximate surface area is 111 Å². The Balaban J connectivity index is 2.53. The molecule has 3 nitrogen and oxygen atoms in total. The Morgan fingerprint density at radius 3 is 2.24 bits per heavy atom. The Hall–Kier alpha value is -0.450. The highest BCUT2D eigenvalue weighted by atomic mass is 35.7. The van der Waals surface area contributed by atoms with Crippen molar-refractivity contribution in [1.29, 1.82) is 0 Å². The van der Waals surface area contributed by atoms with Crippen LogP contribution in [-0.4, -0.2) is 20.8 Å². The smallest absolute Gasteiger partial charge is 0.232 e. The lowest BCUT2D eigenvalue weighted by molar-refractivity contribution is 0.317. The van der Waals surface area contributed by atoms with Gasteiger partial charge in [0, 0.05) is 15.7 Å². The molecule has 0 saturated carbocycles. The maximum Gasteiger partial charge on any atom is 0.232 e. The molecular formula is C11H14Cl2O3S. The highest BCUT2D eigenvalue weighted by Crippen LogP contribution is 2.25. The fourth-order valence-corrected chi connectivity index (χ4v) is 2.31. The summed E-state index contributed by atoms with van der Waals surface area (Å²) in [5, 5.41) is 0.723. The maximum absolute atomic E-state index is 10.7. The summed E-state index contributed by atoms with van der Waals surface area (Å²) < 4.78 is 26.8. The molecule has 0 unspecified atom stereocenters. The Morgan fingerprint density at radius 1 is 1.24 bits per heavy atom. The van der Waals surface area contributed by atoms with E-state index in [1.54, 1.807) is 0 Å². The molecule has 17 heavy (non-hydrogen) atoms. The van der Waals surface area contributed by atoms with E-state index in [1.165, 1.54) is 0 Å². The quantitative estimate of drug-likeness (QED) is 0.618. The van der Waals surface area contributed by atoms with Gasteiger partial charge in [-0.3, -0.25) is 0 Å². The van der Waals surface area contributed by atoms with Crippen LogP contribution >= 0.6 is 22.3 Å². The molecule has 0 aliphatic carbocycles. The van der Waals surface area contributed by atoms with E-state index in [2.05, 4.69) is 0 Å². The standard InChI is InChI=1S/C11H14Cl2O3S/c1-8-6-10(7-9(2)11(8)12)16-4-3-5-17(13,14)15/h6-7H,3-5H2,1-2H3. The van der Waals surface area contributed by atoms with E-state index in [0.717, 1.165) is 16.1 Å². The van der Waals surface area contributed by atoms with E-state index in [-0.39, 0.29) is 5.75 Å². The van der Waals surface area contributed by atoms with E-state index in [9.17, 15) is 8.42 Å². The second-order valence-corrected chi connectivity index (χ2v) is 7.09. The van der Waals surface area contributed by atoms with Crippen LogP contribution < -0.4 is 4.74 Å². The fourth-order valence-electron chi connectivity index (χ4n) is 1.41. The van der Waals surface area contributed by atoms with Crippen molar-refractivity contribution >= 4 is 31.3 Å². The van der Waals surface area contributed by atoms with Gasteiger partial charge < -0.3 is 4.74 Å². The second-order valence-electron chi connectivity index (χ2n) is 3.82. The van der Waals surface area contributed by atoms with Gasteiger partial charge in [-0.2, -0.15) is 0 Å². The summed E-state index contributed by atoms with van der Waals surface area (Å²) in [4.78, 5) is 0. The van der Waals surface area contributed by atoms with E-state index < -0.39 is 9.05 Å². The number of ether oxygens (including phenoxy) is 1. The number of rotatable bonds is 5. The molecule has 0 radical (unpaired) electrons. The van der Waals surface area contributed by atoms with Gasteiger partial charge in [-0.1, -0.05) is 11.6 Å². The van der Waals surface area contributed by atoms with E-state index in [4.69, 9.17) is 27.0 Å². The highest BCUT2D eigenvalue weighted by molar-refractivity contribution is 8.13. The first-order valence-corrected chi connectivity index (χ1v) is 7.97. The number of benzene rings is 1. The minimum atomic E-state index is -3.43. The molecular weight excluding hydrogens is 283 g/mol. The second kappa shape index (κ2) is 5.94. The van der Waals surface area contributed by atoms with Crippen LogP contribution in [0, 0.1) is 13.8 Å². The first kappa shape index (κ1) is 14.6. The molecule has 0 spiro atoms. The summed E-state index contributed by atoms with van der Waals surface area (Å²) in [6.07, 6.45) is 0.368. The first-order valence-electron chi connectivity index (χ1n) is 5.11. The fraction of sp³-hybridized carbons (Fsp3) is 0.455. The predicted octanol–water partition coefficient (Wildman–Crippen LogP) is 3.29. The third-order valence-corrected chi connectivity index (χ3v) is 4.05. The van der Waals surface area contributed by atoms with Gasteiger partial charge in [0.05, 0.1) is 12.4 Å². The SMILES string of the molecule is Cc1cc(OCCCS(=O)(=O)Cl)cc(C)c1Cl. The minimum Gasteiger partial charge on any atom is -0.494 e. The molecule has 6 heteroatoms. The minimum absolute atomic E-state index is 0.0832. The average molecular weight is 297 g/mol. The molecule has 0 aromatic heterocycles. The van der Waals surface area contributed by atoms with Crippen molar-refractivity contribution in [3.63, 3.8) is 0 Å². The van der Waals surface area contributed by atoms with Crippen LogP contribution in [0.5, 0.6) is 5.75 Å². The van der Waals surface area contributed by atoms with Crippen molar-refractivity contribution in [1.82, 2.24) is 0 Å². The van der Waals surface area contributed by atoms with Crippen LogP contribution in [0.15, 0.2) is 12.1 Å². The summed E-state index contributed by atoms with van der Waals surface area (Å²) in [6.45, 7) is 4.10. The predicted molar refractivity (Wildman–Crippen MR) is 70.7 cm³/mol. The lowest BCUT2D eigenvalue weighted by Gasteiger charge is -2.09. The Kier molecular flexibility index (Phi) is 5.10. The first-order chi connectivity index (χ1) is 7.79. The third kappa shape index (κ3) is 5.15. The van der Waals surface area contributed by atoms with E-state index in [0.29, 0.717) is 18.8 Å². The molecule has 0 aliphatic rings. The van der Waals surface area contributed by atoms with Crippen LogP contribution in [0.1, 0.15) is 17.5 Å². The summed E-state index contributed by atoms with van der Waals surface area (Å²) in [6, 6.07) is 3.65. The average Bonchev–Trinajstić information content (AvgIpc) is 2.19. The largest absolute Gasteiger partial charge is 0.494 e. The van der Waals surface area contributed by atoms with Crippen molar-refractivity contribution in [2.75, 3.05) is 12.4 Å². The van der Waals surface area contributed by atoms with Gasteiger partial charge in [0.2, 0.25) is 9.05 Å². The van der Waals surface area contributed by atoms with Crippen molar-refractivity contribution in [2.24, 2.45) is 0 Å². The Bertz CT molecular complexity index is 474. The third-order valence-electron chi connectivity index (χ3n) is 2.21. The molecule has 1 aromatic rings. The molecule has 0 fully saturated rings. The molecule has 96 valence electrons. The zero-order valence-electron chi connectivity index (χ0n) is 9.66. The van der Waals surface area contributed by atoms with Crippen LogP contribution in [0.25, 0.3) is 0 Å². The molecule has 0 N–H and O–H groups in total. The van der Waals surface area contributed by atoms with Crippen molar-refractivity contribution in [3.05, 3.63) is 28.3 Å². The molecule has 1 rings (SSSR count).